The first-order valence-corrected chi connectivity index (χ1v) is 8.97. The third kappa shape index (κ3) is 4.24. The Labute approximate surface area is 131 Å². The first kappa shape index (κ1) is 14.9. The maximum atomic E-state index is 12.2. The molecular formula is C17H24N2OS. The number of thioether (sulfide) groups is 1. The van der Waals surface area contributed by atoms with E-state index < -0.39 is 0 Å². The minimum atomic E-state index is 0.117. The summed E-state index contributed by atoms with van der Waals surface area (Å²) in [5, 5.41) is 7.12. The topological polar surface area (TPSA) is 41.1 Å². The van der Waals surface area contributed by atoms with Gasteiger partial charge in [-0.2, -0.15) is 0 Å². The molecule has 1 aliphatic carbocycles. The molecule has 4 heteroatoms. The molecular weight excluding hydrogens is 280 g/mol. The molecule has 1 aliphatic heterocycles. The van der Waals surface area contributed by atoms with Gasteiger partial charge in [-0.1, -0.05) is 12.8 Å². The monoisotopic (exact) mass is 304 g/mol. The van der Waals surface area contributed by atoms with E-state index in [1.54, 1.807) is 0 Å². The highest BCUT2D eigenvalue weighted by Gasteiger charge is 2.21. The van der Waals surface area contributed by atoms with Crippen molar-refractivity contribution in [3.63, 3.8) is 0 Å². The largest absolute Gasteiger partial charge is 0.326 e. The summed E-state index contributed by atoms with van der Waals surface area (Å²) in [6.07, 6.45) is 7.53. The average molecular weight is 304 g/mol. The number of hydrogen-bond acceptors (Lipinski definition) is 3. The van der Waals surface area contributed by atoms with Gasteiger partial charge in [0.2, 0.25) is 5.91 Å². The summed E-state index contributed by atoms with van der Waals surface area (Å²) in [5.41, 5.74) is 0.918. The summed E-state index contributed by atoms with van der Waals surface area (Å²) in [6, 6.07) is 8.34. The van der Waals surface area contributed by atoms with Gasteiger partial charge in [-0.3, -0.25) is 4.79 Å². The van der Waals surface area contributed by atoms with E-state index in [4.69, 9.17) is 0 Å². The standard InChI is InChI=1S/C17H24N2OS/c20-17(13-4-3-11-18-12-13)19-14-7-9-16(10-8-14)21-15-5-1-2-6-15/h7-10,13,15,18H,1-6,11-12H2,(H,19,20)/t13-/m0/s1. The lowest BCUT2D eigenvalue weighted by atomic mass is 9.99. The van der Waals surface area contributed by atoms with Crippen LogP contribution < -0.4 is 10.6 Å². The summed E-state index contributed by atoms with van der Waals surface area (Å²) in [6.45, 7) is 1.85. The number of hydrogen-bond donors (Lipinski definition) is 2. The zero-order chi connectivity index (χ0) is 14.5. The van der Waals surface area contributed by atoms with Crippen molar-refractivity contribution in [1.82, 2.24) is 5.32 Å². The molecule has 2 fully saturated rings. The normalized spacial score (nSPS) is 23.1. The highest BCUT2D eigenvalue weighted by atomic mass is 32.2. The summed E-state index contributed by atoms with van der Waals surface area (Å²) >= 11 is 1.98. The van der Waals surface area contributed by atoms with E-state index in [0.717, 1.165) is 36.9 Å². The second-order valence-electron chi connectivity index (χ2n) is 6.08. The van der Waals surface area contributed by atoms with Crippen LogP contribution in [0, 0.1) is 5.92 Å². The first-order valence-electron chi connectivity index (χ1n) is 8.09. The average Bonchev–Trinajstić information content (AvgIpc) is 3.03. The predicted molar refractivity (Wildman–Crippen MR) is 88.8 cm³/mol. The molecule has 1 saturated heterocycles. The van der Waals surface area contributed by atoms with Crippen molar-refractivity contribution in [2.45, 2.75) is 48.7 Å². The predicted octanol–water partition coefficient (Wildman–Crippen LogP) is 3.66. The zero-order valence-corrected chi connectivity index (χ0v) is 13.3. The van der Waals surface area contributed by atoms with E-state index in [9.17, 15) is 4.79 Å². The Hall–Kier alpha value is -1.00. The number of benzene rings is 1. The van der Waals surface area contributed by atoms with Crippen molar-refractivity contribution in [3.05, 3.63) is 24.3 Å². The van der Waals surface area contributed by atoms with Crippen LogP contribution in [0.1, 0.15) is 38.5 Å². The maximum absolute atomic E-state index is 12.2. The van der Waals surface area contributed by atoms with Crippen LogP contribution in [0.15, 0.2) is 29.2 Å². The third-order valence-corrected chi connectivity index (χ3v) is 5.74. The molecule has 0 spiro atoms. The third-order valence-electron chi connectivity index (χ3n) is 4.39. The molecule has 114 valence electrons. The lowest BCUT2D eigenvalue weighted by Gasteiger charge is -2.21. The van der Waals surface area contributed by atoms with Crippen molar-refractivity contribution < 1.29 is 4.79 Å². The second kappa shape index (κ2) is 7.32. The van der Waals surface area contributed by atoms with E-state index >= 15 is 0 Å². The molecule has 2 aliphatic rings. The number of rotatable bonds is 4. The quantitative estimate of drug-likeness (QED) is 0.892. The van der Waals surface area contributed by atoms with Gasteiger partial charge in [0.25, 0.3) is 0 Å². The number of carbonyl (C=O) groups excluding carboxylic acids is 1. The fourth-order valence-electron chi connectivity index (χ4n) is 3.14. The van der Waals surface area contributed by atoms with E-state index in [0.29, 0.717) is 0 Å². The number of amides is 1. The van der Waals surface area contributed by atoms with E-state index in [1.807, 2.05) is 23.9 Å². The summed E-state index contributed by atoms with van der Waals surface area (Å²) in [4.78, 5) is 13.5. The lowest BCUT2D eigenvalue weighted by Crippen LogP contribution is -2.37. The van der Waals surface area contributed by atoms with Gasteiger partial charge in [-0.15, -0.1) is 11.8 Å². The van der Waals surface area contributed by atoms with E-state index in [2.05, 4.69) is 22.8 Å². The van der Waals surface area contributed by atoms with Crippen molar-refractivity contribution in [1.29, 1.82) is 0 Å². The molecule has 0 bridgehead atoms. The van der Waals surface area contributed by atoms with Gasteiger partial charge >= 0.3 is 0 Å². The van der Waals surface area contributed by atoms with E-state index in [1.165, 1.54) is 30.6 Å². The highest BCUT2D eigenvalue weighted by molar-refractivity contribution is 8.00. The molecule has 0 unspecified atom stereocenters. The van der Waals surface area contributed by atoms with Crippen molar-refractivity contribution in [2.24, 2.45) is 5.92 Å². The molecule has 1 amide bonds. The molecule has 1 saturated carbocycles. The van der Waals surface area contributed by atoms with E-state index in [-0.39, 0.29) is 11.8 Å². The van der Waals surface area contributed by atoms with Gasteiger partial charge in [-0.05, 0) is 56.5 Å². The summed E-state index contributed by atoms with van der Waals surface area (Å²) in [5.74, 6) is 0.268. The van der Waals surface area contributed by atoms with Crippen LogP contribution in [0.2, 0.25) is 0 Å². The zero-order valence-electron chi connectivity index (χ0n) is 12.4. The highest BCUT2D eigenvalue weighted by Crippen LogP contribution is 2.35. The number of nitrogens with one attached hydrogen (secondary N) is 2. The lowest BCUT2D eigenvalue weighted by molar-refractivity contribution is -0.120. The van der Waals surface area contributed by atoms with Crippen molar-refractivity contribution in [2.75, 3.05) is 18.4 Å². The van der Waals surface area contributed by atoms with Gasteiger partial charge in [0, 0.05) is 22.4 Å². The van der Waals surface area contributed by atoms with Gasteiger partial charge in [0.05, 0.1) is 5.92 Å². The number of carbonyl (C=O) groups is 1. The van der Waals surface area contributed by atoms with Crippen LogP contribution in [0.5, 0.6) is 0 Å². The molecule has 1 heterocycles. The Morgan fingerprint density at radius 3 is 2.52 bits per heavy atom. The Kier molecular flexibility index (Phi) is 5.20. The molecule has 0 radical (unpaired) electrons. The molecule has 2 N–H and O–H groups in total. The smallest absolute Gasteiger partial charge is 0.228 e. The second-order valence-corrected chi connectivity index (χ2v) is 7.45. The van der Waals surface area contributed by atoms with Crippen LogP contribution in [0.4, 0.5) is 5.69 Å². The van der Waals surface area contributed by atoms with Gasteiger partial charge in [0.1, 0.15) is 0 Å². The minimum Gasteiger partial charge on any atom is -0.326 e. The van der Waals surface area contributed by atoms with Gasteiger partial charge in [0.15, 0.2) is 0 Å². The van der Waals surface area contributed by atoms with Gasteiger partial charge < -0.3 is 10.6 Å². The Morgan fingerprint density at radius 1 is 1.10 bits per heavy atom. The van der Waals surface area contributed by atoms with Crippen molar-refractivity contribution >= 4 is 23.4 Å². The molecule has 1 atom stereocenters. The molecule has 1 aromatic rings. The van der Waals surface area contributed by atoms with Crippen LogP contribution in [0.25, 0.3) is 0 Å². The summed E-state index contributed by atoms with van der Waals surface area (Å²) < 4.78 is 0. The van der Waals surface area contributed by atoms with Crippen LogP contribution in [-0.4, -0.2) is 24.2 Å². The van der Waals surface area contributed by atoms with Gasteiger partial charge in [-0.25, -0.2) is 0 Å². The molecule has 3 nitrogen and oxygen atoms in total. The molecule has 0 aromatic heterocycles. The Balaban J connectivity index is 1.52. The first-order chi connectivity index (χ1) is 10.3. The number of anilines is 1. The maximum Gasteiger partial charge on any atom is 0.228 e. The SMILES string of the molecule is O=C(Nc1ccc(SC2CCCC2)cc1)[C@H]1CCCNC1. The minimum absolute atomic E-state index is 0.117. The Bertz CT molecular complexity index is 462. The fourth-order valence-corrected chi connectivity index (χ4v) is 4.38. The van der Waals surface area contributed by atoms with Crippen molar-refractivity contribution in [3.8, 4) is 0 Å². The van der Waals surface area contributed by atoms with Crippen LogP contribution in [-0.2, 0) is 4.79 Å². The summed E-state index contributed by atoms with van der Waals surface area (Å²) in [7, 11) is 0. The molecule has 21 heavy (non-hydrogen) atoms. The molecule has 3 rings (SSSR count). The van der Waals surface area contributed by atoms with Crippen LogP contribution >= 0.6 is 11.8 Å². The number of piperidine rings is 1. The van der Waals surface area contributed by atoms with Crippen LogP contribution in [0.3, 0.4) is 0 Å². The Morgan fingerprint density at radius 2 is 1.86 bits per heavy atom. The molecule has 1 aromatic carbocycles. The fraction of sp³-hybridized carbons (Fsp3) is 0.588.